The van der Waals surface area contributed by atoms with Crippen molar-refractivity contribution in [1.82, 2.24) is 5.32 Å². The molecule has 0 spiro atoms. The van der Waals surface area contributed by atoms with Crippen molar-refractivity contribution in [3.8, 4) is 12.3 Å². The number of terminal acetylenes is 1. The Bertz CT molecular complexity index is 396. The number of nitrogens with one attached hydrogen (secondary N) is 1. The van der Waals surface area contributed by atoms with Crippen LogP contribution in [0.4, 0.5) is 8.78 Å². The van der Waals surface area contributed by atoms with Gasteiger partial charge in [0.2, 0.25) is 0 Å². The first-order chi connectivity index (χ1) is 8.15. The highest BCUT2D eigenvalue weighted by Crippen LogP contribution is 2.15. The molecular formula is C14H17F2N. The lowest BCUT2D eigenvalue weighted by Crippen LogP contribution is -2.20. The van der Waals surface area contributed by atoms with Gasteiger partial charge in [0.25, 0.3) is 0 Å². The first-order valence-electron chi connectivity index (χ1n) is 5.77. The fourth-order valence-electron chi connectivity index (χ4n) is 1.57. The zero-order valence-corrected chi connectivity index (χ0v) is 9.97. The molecule has 0 saturated carbocycles. The van der Waals surface area contributed by atoms with Gasteiger partial charge in [-0.1, -0.05) is 6.07 Å². The molecule has 92 valence electrons. The maximum absolute atomic E-state index is 13.0. The molecule has 0 heterocycles. The molecule has 0 bridgehead atoms. The summed E-state index contributed by atoms with van der Waals surface area (Å²) in [6.07, 6.45) is 7.89. The smallest absolute Gasteiger partial charge is 0.159 e. The molecule has 0 aliphatic carbocycles. The average Bonchev–Trinajstić information content (AvgIpc) is 2.32. The summed E-state index contributed by atoms with van der Waals surface area (Å²) in [6.45, 7) is 2.75. The number of halogens is 2. The third-order valence-electron chi connectivity index (χ3n) is 2.64. The van der Waals surface area contributed by atoms with Crippen LogP contribution in [0.3, 0.4) is 0 Å². The van der Waals surface area contributed by atoms with Gasteiger partial charge in [0.05, 0.1) is 0 Å². The van der Waals surface area contributed by atoms with Gasteiger partial charge >= 0.3 is 0 Å². The molecule has 1 aromatic rings. The minimum absolute atomic E-state index is 0.0101. The molecule has 1 aromatic carbocycles. The highest BCUT2D eigenvalue weighted by Gasteiger charge is 2.08. The van der Waals surface area contributed by atoms with E-state index in [0.29, 0.717) is 0 Å². The summed E-state index contributed by atoms with van der Waals surface area (Å²) in [4.78, 5) is 0. The predicted octanol–water partition coefficient (Wildman–Crippen LogP) is 3.42. The standard InChI is InChI=1S/C14H17F2N/c1-3-4-5-6-9-17-11(2)12-7-8-13(15)14(16)10-12/h1,7-8,10-11,17H,4-6,9H2,2H3. The van der Waals surface area contributed by atoms with Gasteiger partial charge in [-0.2, -0.15) is 0 Å². The van der Waals surface area contributed by atoms with E-state index < -0.39 is 11.6 Å². The second-order valence-corrected chi connectivity index (χ2v) is 4.01. The van der Waals surface area contributed by atoms with Gasteiger partial charge in [-0.15, -0.1) is 12.3 Å². The fourth-order valence-corrected chi connectivity index (χ4v) is 1.57. The second-order valence-electron chi connectivity index (χ2n) is 4.01. The SMILES string of the molecule is C#CCCCCNC(C)c1ccc(F)c(F)c1. The van der Waals surface area contributed by atoms with E-state index in [-0.39, 0.29) is 6.04 Å². The molecule has 3 heteroatoms. The molecule has 0 radical (unpaired) electrons. The van der Waals surface area contributed by atoms with Gasteiger partial charge in [0.15, 0.2) is 11.6 Å². The van der Waals surface area contributed by atoms with E-state index in [9.17, 15) is 8.78 Å². The molecule has 0 saturated heterocycles. The molecule has 0 aromatic heterocycles. The zero-order chi connectivity index (χ0) is 12.7. The van der Waals surface area contributed by atoms with Gasteiger partial charge in [-0.25, -0.2) is 8.78 Å². The van der Waals surface area contributed by atoms with E-state index in [0.717, 1.165) is 37.4 Å². The van der Waals surface area contributed by atoms with Crippen molar-refractivity contribution in [2.45, 2.75) is 32.2 Å². The van der Waals surface area contributed by atoms with E-state index in [1.165, 1.54) is 6.07 Å². The highest BCUT2D eigenvalue weighted by atomic mass is 19.2. The lowest BCUT2D eigenvalue weighted by Gasteiger charge is -2.14. The Morgan fingerprint density at radius 3 is 2.71 bits per heavy atom. The highest BCUT2D eigenvalue weighted by molar-refractivity contribution is 5.20. The van der Waals surface area contributed by atoms with Crippen LogP contribution < -0.4 is 5.32 Å². The molecule has 1 unspecified atom stereocenters. The van der Waals surface area contributed by atoms with E-state index in [4.69, 9.17) is 6.42 Å². The van der Waals surface area contributed by atoms with E-state index >= 15 is 0 Å². The topological polar surface area (TPSA) is 12.0 Å². The Hall–Kier alpha value is -1.40. The third kappa shape index (κ3) is 4.54. The first kappa shape index (κ1) is 13.7. The number of rotatable bonds is 6. The predicted molar refractivity (Wildman–Crippen MR) is 65.5 cm³/mol. The summed E-state index contributed by atoms with van der Waals surface area (Å²) in [6, 6.07) is 3.99. The van der Waals surface area contributed by atoms with Crippen molar-refractivity contribution in [1.29, 1.82) is 0 Å². The van der Waals surface area contributed by atoms with Gasteiger partial charge in [-0.3, -0.25) is 0 Å². The molecular weight excluding hydrogens is 220 g/mol. The molecule has 1 atom stereocenters. The van der Waals surface area contributed by atoms with Crippen LogP contribution in [0.2, 0.25) is 0 Å². The number of unbranched alkanes of at least 4 members (excludes halogenated alkanes) is 2. The van der Waals surface area contributed by atoms with Crippen LogP contribution in [0.15, 0.2) is 18.2 Å². The Kier molecular flexibility index (Phi) is 5.65. The normalized spacial score (nSPS) is 12.1. The molecule has 17 heavy (non-hydrogen) atoms. The summed E-state index contributed by atoms with van der Waals surface area (Å²) >= 11 is 0. The molecule has 0 amide bonds. The van der Waals surface area contributed by atoms with Crippen molar-refractivity contribution in [3.05, 3.63) is 35.4 Å². The minimum Gasteiger partial charge on any atom is -0.310 e. The van der Waals surface area contributed by atoms with Gasteiger partial charge in [-0.05, 0) is 44.0 Å². The molecule has 1 nitrogen and oxygen atoms in total. The average molecular weight is 237 g/mol. The lowest BCUT2D eigenvalue weighted by atomic mass is 10.1. The van der Waals surface area contributed by atoms with E-state index in [1.807, 2.05) is 6.92 Å². The fraction of sp³-hybridized carbons (Fsp3) is 0.429. The first-order valence-corrected chi connectivity index (χ1v) is 5.77. The van der Waals surface area contributed by atoms with E-state index in [2.05, 4.69) is 11.2 Å². The Balaban J connectivity index is 2.39. The summed E-state index contributed by atoms with van der Waals surface area (Å²) in [5.41, 5.74) is 0.751. The van der Waals surface area contributed by atoms with E-state index in [1.54, 1.807) is 6.07 Å². The Morgan fingerprint density at radius 1 is 1.29 bits per heavy atom. The van der Waals surface area contributed by atoms with Crippen molar-refractivity contribution in [2.24, 2.45) is 0 Å². The number of hydrogen-bond donors (Lipinski definition) is 1. The molecule has 1 N–H and O–H groups in total. The van der Waals surface area contributed by atoms with Gasteiger partial charge < -0.3 is 5.32 Å². The van der Waals surface area contributed by atoms with Crippen LogP contribution >= 0.6 is 0 Å². The zero-order valence-electron chi connectivity index (χ0n) is 9.97. The summed E-state index contributed by atoms with van der Waals surface area (Å²) in [5.74, 6) is 0.970. The largest absolute Gasteiger partial charge is 0.310 e. The van der Waals surface area contributed by atoms with Gasteiger partial charge in [0.1, 0.15) is 0 Å². The lowest BCUT2D eigenvalue weighted by molar-refractivity contribution is 0.499. The summed E-state index contributed by atoms with van der Waals surface area (Å²) in [7, 11) is 0. The monoisotopic (exact) mass is 237 g/mol. The number of benzene rings is 1. The van der Waals surface area contributed by atoms with Crippen molar-refractivity contribution in [3.63, 3.8) is 0 Å². The molecule has 0 aliphatic heterocycles. The maximum atomic E-state index is 13.0. The van der Waals surface area contributed by atoms with Crippen LogP contribution in [-0.2, 0) is 0 Å². The molecule has 0 aliphatic rings. The van der Waals surface area contributed by atoms with Crippen LogP contribution in [0.5, 0.6) is 0 Å². The Labute approximate surface area is 101 Å². The van der Waals surface area contributed by atoms with Gasteiger partial charge in [0, 0.05) is 12.5 Å². The minimum atomic E-state index is -0.810. The van der Waals surface area contributed by atoms with Crippen LogP contribution in [0, 0.1) is 24.0 Å². The maximum Gasteiger partial charge on any atom is 0.159 e. The molecule has 0 fully saturated rings. The number of hydrogen-bond acceptors (Lipinski definition) is 1. The summed E-state index contributed by atoms with van der Waals surface area (Å²) in [5, 5.41) is 3.25. The Morgan fingerprint density at radius 2 is 2.06 bits per heavy atom. The van der Waals surface area contributed by atoms with Crippen molar-refractivity contribution < 1.29 is 8.78 Å². The van der Waals surface area contributed by atoms with Crippen LogP contribution in [0.25, 0.3) is 0 Å². The van der Waals surface area contributed by atoms with Crippen molar-refractivity contribution >= 4 is 0 Å². The van der Waals surface area contributed by atoms with Crippen LogP contribution in [0.1, 0.15) is 37.8 Å². The van der Waals surface area contributed by atoms with Crippen LogP contribution in [-0.4, -0.2) is 6.54 Å². The third-order valence-corrected chi connectivity index (χ3v) is 2.64. The second kappa shape index (κ2) is 7.03. The quantitative estimate of drug-likeness (QED) is 0.590. The van der Waals surface area contributed by atoms with Crippen molar-refractivity contribution in [2.75, 3.05) is 6.54 Å². The molecule has 1 rings (SSSR count). The summed E-state index contributed by atoms with van der Waals surface area (Å²) < 4.78 is 25.7.